The zero-order valence-electron chi connectivity index (χ0n) is 14.3. The van der Waals surface area contributed by atoms with Crippen molar-refractivity contribution in [3.63, 3.8) is 0 Å². The summed E-state index contributed by atoms with van der Waals surface area (Å²) >= 11 is 0. The van der Waals surface area contributed by atoms with Gasteiger partial charge >= 0.3 is 0 Å². The van der Waals surface area contributed by atoms with Gasteiger partial charge in [0.25, 0.3) is 5.69 Å². The fraction of sp³-hybridized carbons (Fsp3) is 0.316. The van der Waals surface area contributed by atoms with E-state index in [0.29, 0.717) is 31.7 Å². The van der Waals surface area contributed by atoms with Gasteiger partial charge in [0.15, 0.2) is 0 Å². The summed E-state index contributed by atoms with van der Waals surface area (Å²) in [7, 11) is 0. The first kappa shape index (κ1) is 17.9. The number of nitro groups is 1. The van der Waals surface area contributed by atoms with E-state index in [1.807, 2.05) is 30.3 Å². The molecule has 1 fully saturated rings. The third-order valence-corrected chi connectivity index (χ3v) is 4.53. The zero-order valence-corrected chi connectivity index (χ0v) is 14.3. The lowest BCUT2D eigenvalue weighted by Crippen LogP contribution is -2.45. The molecule has 1 aliphatic heterocycles. The molecule has 26 heavy (non-hydrogen) atoms. The van der Waals surface area contributed by atoms with Gasteiger partial charge in [0, 0.05) is 38.1 Å². The molecule has 0 aromatic heterocycles. The normalized spacial score (nSPS) is 16.1. The van der Waals surface area contributed by atoms with E-state index in [1.165, 1.54) is 12.1 Å². The minimum absolute atomic E-state index is 0.0199. The van der Waals surface area contributed by atoms with Gasteiger partial charge < -0.3 is 15.4 Å². The van der Waals surface area contributed by atoms with Crippen LogP contribution >= 0.6 is 0 Å². The van der Waals surface area contributed by atoms with Crippen LogP contribution < -0.4 is 10.5 Å². The second kappa shape index (κ2) is 7.97. The van der Waals surface area contributed by atoms with Gasteiger partial charge in [-0.15, -0.1) is 0 Å². The molecule has 1 heterocycles. The number of rotatable bonds is 5. The van der Waals surface area contributed by atoms with Crippen LogP contribution in [0.2, 0.25) is 0 Å². The molecule has 1 unspecified atom stereocenters. The number of nitrogens with two attached hydrogens (primary N) is 1. The molecule has 0 bridgehead atoms. The number of hydrogen-bond donors (Lipinski definition) is 1. The summed E-state index contributed by atoms with van der Waals surface area (Å²) in [5.41, 5.74) is 6.93. The van der Waals surface area contributed by atoms with Crippen molar-refractivity contribution in [3.8, 4) is 5.75 Å². The molecule has 2 aromatic rings. The number of non-ortho nitro benzene ring substituents is 1. The number of ether oxygens (including phenoxy) is 1. The van der Waals surface area contributed by atoms with Crippen LogP contribution in [-0.2, 0) is 4.79 Å². The standard InChI is InChI=1S/C19H21N3O4/c20-18(14-4-2-1-3-5-14)19(23)21-12-10-17(11-13-21)26-16-8-6-15(7-9-16)22(24)25/h1-9,17-18H,10-13,20H2. The number of nitrogens with zero attached hydrogens (tertiary/aromatic N) is 2. The van der Waals surface area contributed by atoms with E-state index in [-0.39, 0.29) is 17.7 Å². The van der Waals surface area contributed by atoms with Crippen LogP contribution in [0.1, 0.15) is 24.4 Å². The number of nitro benzene ring substituents is 1. The third-order valence-electron chi connectivity index (χ3n) is 4.53. The fourth-order valence-corrected chi connectivity index (χ4v) is 3.03. The first-order valence-corrected chi connectivity index (χ1v) is 8.55. The van der Waals surface area contributed by atoms with E-state index in [4.69, 9.17) is 10.5 Å². The van der Waals surface area contributed by atoms with Crippen molar-refractivity contribution in [3.05, 3.63) is 70.3 Å². The smallest absolute Gasteiger partial charge is 0.269 e. The van der Waals surface area contributed by atoms with Gasteiger partial charge in [-0.3, -0.25) is 14.9 Å². The third kappa shape index (κ3) is 4.18. The maximum Gasteiger partial charge on any atom is 0.269 e. The molecule has 3 rings (SSSR count). The van der Waals surface area contributed by atoms with Crippen LogP contribution in [0, 0.1) is 10.1 Å². The van der Waals surface area contributed by atoms with E-state index in [2.05, 4.69) is 0 Å². The van der Waals surface area contributed by atoms with Crippen LogP contribution in [0.25, 0.3) is 0 Å². The van der Waals surface area contributed by atoms with E-state index < -0.39 is 11.0 Å². The van der Waals surface area contributed by atoms with E-state index in [1.54, 1.807) is 17.0 Å². The lowest BCUT2D eigenvalue weighted by molar-refractivity contribution is -0.384. The molecular formula is C19H21N3O4. The molecule has 0 saturated carbocycles. The van der Waals surface area contributed by atoms with Crippen molar-refractivity contribution in [2.45, 2.75) is 25.0 Å². The minimum atomic E-state index is -0.650. The molecule has 0 aliphatic carbocycles. The number of hydrogen-bond acceptors (Lipinski definition) is 5. The summed E-state index contributed by atoms with van der Waals surface area (Å²) in [6.45, 7) is 1.16. The van der Waals surface area contributed by atoms with Crippen molar-refractivity contribution in [2.24, 2.45) is 5.73 Å². The number of carbonyl (C=O) groups excluding carboxylic acids is 1. The van der Waals surface area contributed by atoms with Crippen molar-refractivity contribution < 1.29 is 14.5 Å². The number of likely N-dealkylation sites (tertiary alicyclic amines) is 1. The van der Waals surface area contributed by atoms with Crippen LogP contribution in [0.4, 0.5) is 5.69 Å². The predicted octanol–water partition coefficient (Wildman–Crippen LogP) is 2.66. The van der Waals surface area contributed by atoms with Gasteiger partial charge in [-0.25, -0.2) is 0 Å². The molecule has 0 spiro atoms. The molecule has 7 nitrogen and oxygen atoms in total. The molecule has 136 valence electrons. The van der Waals surface area contributed by atoms with Gasteiger partial charge in [0.2, 0.25) is 5.91 Å². The highest BCUT2D eigenvalue weighted by Gasteiger charge is 2.27. The molecule has 1 amide bonds. The maximum atomic E-state index is 12.6. The largest absolute Gasteiger partial charge is 0.490 e. The molecule has 0 radical (unpaired) electrons. The topological polar surface area (TPSA) is 98.7 Å². The molecule has 7 heteroatoms. The SMILES string of the molecule is NC(C(=O)N1CCC(Oc2ccc([N+](=O)[O-])cc2)CC1)c1ccccc1. The molecule has 1 saturated heterocycles. The van der Waals surface area contributed by atoms with E-state index >= 15 is 0 Å². The molecular weight excluding hydrogens is 334 g/mol. The van der Waals surface area contributed by atoms with E-state index in [9.17, 15) is 14.9 Å². The number of carbonyl (C=O) groups is 1. The predicted molar refractivity (Wildman–Crippen MR) is 96.7 cm³/mol. The quantitative estimate of drug-likeness (QED) is 0.657. The number of piperidine rings is 1. The summed E-state index contributed by atoms with van der Waals surface area (Å²) in [4.78, 5) is 24.6. The Morgan fingerprint density at radius 1 is 1.12 bits per heavy atom. The Morgan fingerprint density at radius 2 is 1.73 bits per heavy atom. The van der Waals surface area contributed by atoms with Crippen LogP contribution in [0.3, 0.4) is 0 Å². The van der Waals surface area contributed by atoms with Gasteiger partial charge in [-0.05, 0) is 17.7 Å². The van der Waals surface area contributed by atoms with Gasteiger partial charge in [-0.1, -0.05) is 30.3 Å². The Hall–Kier alpha value is -2.93. The van der Waals surface area contributed by atoms with Crippen LogP contribution in [-0.4, -0.2) is 34.9 Å². The van der Waals surface area contributed by atoms with E-state index in [0.717, 1.165) is 5.56 Å². The minimum Gasteiger partial charge on any atom is -0.490 e. The average Bonchev–Trinajstić information content (AvgIpc) is 2.68. The van der Waals surface area contributed by atoms with Crippen molar-refractivity contribution >= 4 is 11.6 Å². The Kier molecular flexibility index (Phi) is 5.48. The summed E-state index contributed by atoms with van der Waals surface area (Å²) in [6.07, 6.45) is 1.38. The number of amides is 1. The zero-order chi connectivity index (χ0) is 18.5. The second-order valence-corrected chi connectivity index (χ2v) is 6.28. The highest BCUT2D eigenvalue weighted by atomic mass is 16.6. The summed E-state index contributed by atoms with van der Waals surface area (Å²) in [5.74, 6) is 0.520. The highest BCUT2D eigenvalue weighted by Crippen LogP contribution is 2.23. The Bertz CT molecular complexity index is 756. The van der Waals surface area contributed by atoms with Crippen LogP contribution in [0.5, 0.6) is 5.75 Å². The monoisotopic (exact) mass is 355 g/mol. The summed E-state index contributed by atoms with van der Waals surface area (Å²) < 4.78 is 5.87. The van der Waals surface area contributed by atoms with Crippen molar-refractivity contribution in [1.82, 2.24) is 4.90 Å². The first-order chi connectivity index (χ1) is 12.5. The Balaban J connectivity index is 1.52. The van der Waals surface area contributed by atoms with Crippen LogP contribution in [0.15, 0.2) is 54.6 Å². The van der Waals surface area contributed by atoms with Gasteiger partial charge in [0.05, 0.1) is 4.92 Å². The molecule has 1 atom stereocenters. The second-order valence-electron chi connectivity index (χ2n) is 6.28. The Morgan fingerprint density at radius 3 is 2.31 bits per heavy atom. The summed E-state index contributed by atoms with van der Waals surface area (Å²) in [6, 6.07) is 14.7. The van der Waals surface area contributed by atoms with Crippen molar-refractivity contribution in [2.75, 3.05) is 13.1 Å². The van der Waals surface area contributed by atoms with Gasteiger partial charge in [0.1, 0.15) is 17.9 Å². The molecule has 2 N–H and O–H groups in total. The highest BCUT2D eigenvalue weighted by molar-refractivity contribution is 5.83. The van der Waals surface area contributed by atoms with Crippen molar-refractivity contribution in [1.29, 1.82) is 0 Å². The lowest BCUT2D eigenvalue weighted by atomic mass is 10.0. The van der Waals surface area contributed by atoms with Gasteiger partial charge in [-0.2, -0.15) is 0 Å². The fourth-order valence-electron chi connectivity index (χ4n) is 3.03. The molecule has 1 aliphatic rings. The summed E-state index contributed by atoms with van der Waals surface area (Å²) in [5, 5.41) is 10.7. The number of benzene rings is 2. The maximum absolute atomic E-state index is 12.6. The Labute approximate surface area is 151 Å². The molecule has 2 aromatic carbocycles. The first-order valence-electron chi connectivity index (χ1n) is 8.55. The lowest BCUT2D eigenvalue weighted by Gasteiger charge is -2.33. The average molecular weight is 355 g/mol.